The van der Waals surface area contributed by atoms with Crippen LogP contribution in [0.5, 0.6) is 5.75 Å². The Morgan fingerprint density at radius 2 is 2.09 bits per heavy atom. The normalized spacial score (nSPS) is 17.3. The second-order valence-electron chi connectivity index (χ2n) is 7.59. The summed E-state index contributed by atoms with van der Waals surface area (Å²) in [6.07, 6.45) is 12.7. The van der Waals surface area contributed by atoms with Gasteiger partial charge in [-0.3, -0.25) is 14.4 Å². The monoisotopic (exact) mass is 501 g/mol. The first-order valence-electron chi connectivity index (χ1n) is 11.8. The number of amidine groups is 1. The van der Waals surface area contributed by atoms with E-state index in [0.717, 1.165) is 54.3 Å². The first-order valence-corrected chi connectivity index (χ1v) is 13.0. The van der Waals surface area contributed by atoms with Crippen LogP contribution < -0.4 is 14.2 Å². The third-order valence-corrected chi connectivity index (χ3v) is 5.86. The van der Waals surface area contributed by atoms with Crippen molar-refractivity contribution < 1.29 is 13.3 Å². The van der Waals surface area contributed by atoms with Crippen LogP contribution in [0, 0.1) is 6.92 Å². The summed E-state index contributed by atoms with van der Waals surface area (Å²) in [5.74, 6) is 1.60. The largest absolute Gasteiger partial charge is 0.495 e. The lowest BCUT2D eigenvalue weighted by Crippen LogP contribution is -2.35. The average Bonchev–Trinajstić information content (AvgIpc) is 3.33. The molecule has 0 saturated carbocycles. The Morgan fingerprint density at radius 1 is 1.29 bits per heavy atom. The SMILES string of the molecule is C=Cc1ccc(-n2cnc(C)c2)c(OC)c1.CC.O=S(NC1=CCC(F)C=C1)NC1=NCCCC1. The van der Waals surface area contributed by atoms with Crippen LogP contribution in [0.2, 0.25) is 0 Å². The van der Waals surface area contributed by atoms with Crippen molar-refractivity contribution >= 4 is 23.1 Å². The molecule has 2 N–H and O–H groups in total. The second kappa shape index (κ2) is 14.9. The number of aryl methyl sites for hydroxylation is 1. The highest BCUT2D eigenvalue weighted by Crippen LogP contribution is 2.24. The molecule has 35 heavy (non-hydrogen) atoms. The summed E-state index contributed by atoms with van der Waals surface area (Å²) in [6, 6.07) is 5.95. The van der Waals surface area contributed by atoms with E-state index in [0.29, 0.717) is 12.1 Å². The van der Waals surface area contributed by atoms with Crippen molar-refractivity contribution in [3.8, 4) is 11.4 Å². The molecule has 0 bridgehead atoms. The average molecular weight is 502 g/mol. The molecule has 0 fully saturated rings. The first-order chi connectivity index (χ1) is 17.0. The van der Waals surface area contributed by atoms with Crippen molar-refractivity contribution in [2.24, 2.45) is 4.99 Å². The minimum absolute atomic E-state index is 0.330. The van der Waals surface area contributed by atoms with Crippen molar-refractivity contribution in [3.05, 3.63) is 72.5 Å². The molecule has 1 aliphatic carbocycles. The van der Waals surface area contributed by atoms with Crippen molar-refractivity contribution in [2.45, 2.75) is 52.6 Å². The number of ether oxygens (including phenoxy) is 1. The number of nitrogens with one attached hydrogen (secondary N) is 2. The summed E-state index contributed by atoms with van der Waals surface area (Å²) in [5, 5.41) is 0. The summed E-state index contributed by atoms with van der Waals surface area (Å²) < 4.78 is 37.4. The van der Waals surface area contributed by atoms with Gasteiger partial charge >= 0.3 is 0 Å². The molecule has 1 aromatic carbocycles. The molecule has 1 aromatic heterocycles. The lowest BCUT2D eigenvalue weighted by Gasteiger charge is -2.15. The smallest absolute Gasteiger partial charge is 0.221 e. The molecule has 0 saturated heterocycles. The summed E-state index contributed by atoms with van der Waals surface area (Å²) in [4.78, 5) is 8.45. The van der Waals surface area contributed by atoms with Crippen molar-refractivity contribution in [1.82, 2.24) is 19.0 Å². The standard InChI is InChI=1S/C13H14N2O.C11H16FN3OS.C2H6/c1-4-11-5-6-12(13(7-11)16-3)15-8-10(2)14-9-15;12-9-4-6-10(7-5-9)14-17(16)15-11-3-1-2-8-13-11;1-2/h4-9H,1H2,2-3H3;4,6-7,9,14H,1-3,5,8H2,(H,13,15);1-2H3. The minimum Gasteiger partial charge on any atom is -0.495 e. The molecule has 2 unspecified atom stereocenters. The second-order valence-corrected chi connectivity index (χ2v) is 8.53. The van der Waals surface area contributed by atoms with E-state index in [2.05, 4.69) is 26.0 Å². The van der Waals surface area contributed by atoms with E-state index in [1.54, 1.807) is 31.7 Å². The van der Waals surface area contributed by atoms with Crippen LogP contribution >= 0.6 is 0 Å². The van der Waals surface area contributed by atoms with Crippen LogP contribution in [0.3, 0.4) is 0 Å². The molecule has 0 spiro atoms. The number of aliphatic imine (C=N–C) groups is 1. The molecule has 0 radical (unpaired) electrons. The van der Waals surface area contributed by atoms with Gasteiger partial charge in [0, 0.05) is 31.3 Å². The van der Waals surface area contributed by atoms with Crippen LogP contribution in [0.25, 0.3) is 11.8 Å². The Morgan fingerprint density at radius 3 is 2.66 bits per heavy atom. The van der Waals surface area contributed by atoms with Crippen molar-refractivity contribution in [2.75, 3.05) is 13.7 Å². The zero-order valence-corrected chi connectivity index (χ0v) is 21.8. The topological polar surface area (TPSA) is 80.5 Å². The molecule has 2 heterocycles. The Balaban J connectivity index is 0.000000231. The Kier molecular flexibility index (Phi) is 12.0. The van der Waals surface area contributed by atoms with Gasteiger partial charge in [-0.25, -0.2) is 13.6 Å². The van der Waals surface area contributed by atoms with Gasteiger partial charge < -0.3 is 9.30 Å². The first kappa shape index (κ1) is 28.0. The summed E-state index contributed by atoms with van der Waals surface area (Å²) in [7, 11) is 1.66. The quantitative estimate of drug-likeness (QED) is 0.559. The lowest BCUT2D eigenvalue weighted by molar-refractivity contribution is 0.400. The molecule has 2 aliphatic rings. The fraction of sp³-hybridized carbons (Fsp3) is 0.385. The fourth-order valence-corrected chi connectivity index (χ4v) is 4.07. The number of methoxy groups -OCH3 is 1. The molecule has 1 aliphatic heterocycles. The molecule has 0 amide bonds. The van der Waals surface area contributed by atoms with E-state index in [1.807, 2.05) is 49.7 Å². The maximum Gasteiger partial charge on any atom is 0.221 e. The number of rotatable bonds is 6. The zero-order chi connectivity index (χ0) is 25.6. The van der Waals surface area contributed by atoms with Crippen molar-refractivity contribution in [1.29, 1.82) is 0 Å². The summed E-state index contributed by atoms with van der Waals surface area (Å²) in [5.41, 5.74) is 3.68. The highest BCUT2D eigenvalue weighted by Gasteiger charge is 2.11. The van der Waals surface area contributed by atoms with E-state index in [4.69, 9.17) is 4.74 Å². The molecular formula is C26H36FN5O2S. The van der Waals surface area contributed by atoms with Gasteiger partial charge in [-0.1, -0.05) is 38.6 Å². The molecule has 190 valence electrons. The number of hydrogen-bond acceptors (Lipinski definition) is 4. The number of hydrogen-bond donors (Lipinski definition) is 2. The highest BCUT2D eigenvalue weighted by molar-refractivity contribution is 7.81. The van der Waals surface area contributed by atoms with Gasteiger partial charge in [0.2, 0.25) is 11.2 Å². The van der Waals surface area contributed by atoms with Crippen LogP contribution in [0.4, 0.5) is 4.39 Å². The van der Waals surface area contributed by atoms with E-state index in [-0.39, 0.29) is 0 Å². The fourth-order valence-electron chi connectivity index (χ4n) is 3.28. The van der Waals surface area contributed by atoms with Gasteiger partial charge in [0.25, 0.3) is 0 Å². The third kappa shape index (κ3) is 9.16. The van der Waals surface area contributed by atoms with E-state index < -0.39 is 17.3 Å². The maximum atomic E-state index is 12.8. The number of alkyl halides is 1. The van der Waals surface area contributed by atoms with Gasteiger partial charge in [0.15, 0.2) is 0 Å². The number of imidazole rings is 1. The lowest BCUT2D eigenvalue weighted by atomic mass is 10.1. The van der Waals surface area contributed by atoms with Crippen molar-refractivity contribution in [3.63, 3.8) is 0 Å². The molecule has 7 nitrogen and oxygen atoms in total. The van der Waals surface area contributed by atoms with Gasteiger partial charge in [-0.2, -0.15) is 0 Å². The summed E-state index contributed by atoms with van der Waals surface area (Å²) >= 11 is -1.40. The molecule has 2 aromatic rings. The minimum atomic E-state index is -1.40. The number of allylic oxidation sites excluding steroid dienone is 3. The summed E-state index contributed by atoms with van der Waals surface area (Å²) in [6.45, 7) is 10.5. The number of nitrogens with zero attached hydrogens (tertiary/aromatic N) is 3. The van der Waals surface area contributed by atoms with Gasteiger partial charge in [-0.05, 0) is 49.6 Å². The van der Waals surface area contributed by atoms with E-state index in [1.165, 1.54) is 6.08 Å². The predicted octanol–water partition coefficient (Wildman–Crippen LogP) is 5.37. The Labute approximate surface area is 210 Å². The van der Waals surface area contributed by atoms with Gasteiger partial charge in [-0.15, -0.1) is 0 Å². The van der Waals surface area contributed by atoms with Crippen LogP contribution in [-0.4, -0.2) is 39.4 Å². The number of benzene rings is 1. The maximum absolute atomic E-state index is 12.8. The number of aromatic nitrogens is 2. The Bertz CT molecular complexity index is 1080. The Hall–Kier alpha value is -3.20. The van der Waals surface area contributed by atoms with Crippen LogP contribution in [0.1, 0.15) is 50.8 Å². The van der Waals surface area contributed by atoms with Crippen LogP contribution in [0.15, 0.2) is 66.2 Å². The number of halogens is 1. The molecular weight excluding hydrogens is 465 g/mol. The molecule has 4 rings (SSSR count). The predicted molar refractivity (Wildman–Crippen MR) is 144 cm³/mol. The van der Waals surface area contributed by atoms with E-state index >= 15 is 0 Å². The highest BCUT2D eigenvalue weighted by atomic mass is 32.2. The zero-order valence-electron chi connectivity index (χ0n) is 21.0. The van der Waals surface area contributed by atoms with Crippen LogP contribution in [-0.2, 0) is 11.2 Å². The molecule has 2 atom stereocenters. The third-order valence-electron chi connectivity index (χ3n) is 5.02. The van der Waals surface area contributed by atoms with Gasteiger partial charge in [0.1, 0.15) is 17.8 Å². The van der Waals surface area contributed by atoms with Gasteiger partial charge in [0.05, 0.1) is 24.8 Å². The molecule has 9 heteroatoms. The van der Waals surface area contributed by atoms with E-state index in [9.17, 15) is 8.60 Å².